The van der Waals surface area contributed by atoms with Gasteiger partial charge < -0.3 is 9.84 Å². The van der Waals surface area contributed by atoms with Gasteiger partial charge in [-0.15, -0.1) is 0 Å². The van der Waals surface area contributed by atoms with Crippen LogP contribution in [0.15, 0.2) is 66.7 Å². The molecule has 0 amide bonds. The van der Waals surface area contributed by atoms with Crippen molar-refractivity contribution in [1.82, 2.24) is 0 Å². The van der Waals surface area contributed by atoms with Crippen LogP contribution in [0.25, 0.3) is 11.1 Å². The number of rotatable bonds is 4. The van der Waals surface area contributed by atoms with Gasteiger partial charge in [0, 0.05) is 11.1 Å². The van der Waals surface area contributed by atoms with Crippen molar-refractivity contribution in [2.45, 2.75) is 0 Å². The van der Waals surface area contributed by atoms with Crippen molar-refractivity contribution in [3.8, 4) is 28.7 Å². The molecule has 0 unspecified atom stereocenters. The Kier molecular flexibility index (Phi) is 4.49. The van der Waals surface area contributed by atoms with Gasteiger partial charge in [0.2, 0.25) is 0 Å². The minimum absolute atomic E-state index is 0.0582. The topological polar surface area (TPSA) is 70.3 Å². The lowest BCUT2D eigenvalue weighted by molar-refractivity contribution is 0.103. The number of nitrogens with zero attached hydrogens (tertiary/aromatic N) is 1. The van der Waals surface area contributed by atoms with E-state index in [1.807, 2.05) is 18.2 Å². The third-order valence-electron chi connectivity index (χ3n) is 3.86. The smallest absolute Gasteiger partial charge is 0.193 e. The third kappa shape index (κ3) is 3.51. The van der Waals surface area contributed by atoms with Gasteiger partial charge in [0.1, 0.15) is 11.5 Å². The molecule has 0 fully saturated rings. The van der Waals surface area contributed by atoms with Gasteiger partial charge in [0.25, 0.3) is 0 Å². The number of carbonyl (C=O) groups is 1. The number of ketones is 1. The second-order valence-electron chi connectivity index (χ2n) is 5.52. The molecule has 25 heavy (non-hydrogen) atoms. The molecule has 0 aliphatic rings. The highest BCUT2D eigenvalue weighted by atomic mass is 16.5. The largest absolute Gasteiger partial charge is 0.508 e. The Labute approximate surface area is 145 Å². The Morgan fingerprint density at radius 1 is 0.960 bits per heavy atom. The van der Waals surface area contributed by atoms with Crippen LogP contribution in [-0.2, 0) is 0 Å². The summed E-state index contributed by atoms with van der Waals surface area (Å²) in [5, 5.41) is 18.6. The molecule has 3 aromatic rings. The fourth-order valence-corrected chi connectivity index (χ4v) is 2.58. The molecule has 4 nitrogen and oxygen atoms in total. The highest BCUT2D eigenvalue weighted by Crippen LogP contribution is 2.27. The zero-order valence-corrected chi connectivity index (χ0v) is 13.6. The normalized spacial score (nSPS) is 10.1. The molecule has 0 heterocycles. The highest BCUT2D eigenvalue weighted by Gasteiger charge is 2.10. The number of aromatic hydroxyl groups is 1. The standard InChI is InChI=1S/C21H15NO3/c1-25-20-10-14(13-22)9-18(12-20)15-5-7-16(8-6-15)21(24)17-3-2-4-19(23)11-17/h2-12,23H,1H3. The summed E-state index contributed by atoms with van der Waals surface area (Å²) >= 11 is 0. The van der Waals surface area contributed by atoms with Gasteiger partial charge in [-0.05, 0) is 41.5 Å². The third-order valence-corrected chi connectivity index (χ3v) is 3.86. The first-order chi connectivity index (χ1) is 12.1. The van der Waals surface area contributed by atoms with Gasteiger partial charge in [-0.1, -0.05) is 36.4 Å². The number of hydrogen-bond acceptors (Lipinski definition) is 4. The second-order valence-corrected chi connectivity index (χ2v) is 5.52. The average molecular weight is 329 g/mol. The van der Waals surface area contributed by atoms with E-state index in [-0.39, 0.29) is 11.5 Å². The first-order valence-electron chi connectivity index (χ1n) is 7.64. The molecular weight excluding hydrogens is 314 g/mol. The van der Waals surface area contributed by atoms with E-state index in [0.717, 1.165) is 11.1 Å². The quantitative estimate of drug-likeness (QED) is 0.729. The van der Waals surface area contributed by atoms with Crippen LogP contribution in [0.2, 0.25) is 0 Å². The van der Waals surface area contributed by atoms with Gasteiger partial charge in [-0.3, -0.25) is 4.79 Å². The summed E-state index contributed by atoms with van der Waals surface area (Å²) in [5.74, 6) is 0.502. The molecule has 0 bridgehead atoms. The van der Waals surface area contributed by atoms with Crippen LogP contribution in [0.5, 0.6) is 11.5 Å². The van der Waals surface area contributed by atoms with E-state index < -0.39 is 0 Å². The Balaban J connectivity index is 1.93. The van der Waals surface area contributed by atoms with E-state index in [0.29, 0.717) is 22.4 Å². The monoisotopic (exact) mass is 329 g/mol. The lowest BCUT2D eigenvalue weighted by Gasteiger charge is -2.07. The van der Waals surface area contributed by atoms with Gasteiger partial charge in [-0.2, -0.15) is 5.26 Å². The maximum atomic E-state index is 12.5. The van der Waals surface area contributed by atoms with Crippen molar-refractivity contribution >= 4 is 5.78 Å². The molecule has 0 radical (unpaired) electrons. The molecule has 0 aromatic heterocycles. The lowest BCUT2D eigenvalue weighted by Crippen LogP contribution is -2.00. The zero-order valence-electron chi connectivity index (χ0n) is 13.6. The van der Waals surface area contributed by atoms with Crippen LogP contribution in [0.1, 0.15) is 21.5 Å². The molecule has 0 saturated carbocycles. The van der Waals surface area contributed by atoms with Crippen molar-refractivity contribution in [3.63, 3.8) is 0 Å². The first-order valence-corrected chi connectivity index (χ1v) is 7.64. The summed E-state index contributed by atoms with van der Waals surface area (Å²) in [6.07, 6.45) is 0. The van der Waals surface area contributed by atoms with E-state index in [1.54, 1.807) is 43.5 Å². The highest BCUT2D eigenvalue weighted by molar-refractivity contribution is 6.09. The number of benzene rings is 3. The average Bonchev–Trinajstić information content (AvgIpc) is 2.67. The van der Waals surface area contributed by atoms with Crippen molar-refractivity contribution in [2.24, 2.45) is 0 Å². The van der Waals surface area contributed by atoms with Crippen molar-refractivity contribution in [3.05, 3.63) is 83.4 Å². The summed E-state index contributed by atoms with van der Waals surface area (Å²) in [7, 11) is 1.55. The molecule has 1 N–H and O–H groups in total. The number of phenolic OH excluding ortho intramolecular Hbond substituents is 1. The lowest BCUT2D eigenvalue weighted by atomic mass is 9.98. The Bertz CT molecular complexity index is 969. The van der Waals surface area contributed by atoms with Crippen LogP contribution in [0, 0.1) is 11.3 Å². The molecule has 0 saturated heterocycles. The van der Waals surface area contributed by atoms with E-state index in [9.17, 15) is 9.90 Å². The minimum Gasteiger partial charge on any atom is -0.508 e. The van der Waals surface area contributed by atoms with Crippen LogP contribution in [-0.4, -0.2) is 18.0 Å². The predicted octanol–water partition coefficient (Wildman–Crippen LogP) is 4.17. The molecule has 0 aliphatic carbocycles. The Hall–Kier alpha value is -3.58. The van der Waals surface area contributed by atoms with Gasteiger partial charge in [-0.25, -0.2) is 0 Å². The molecule has 4 heteroatoms. The van der Waals surface area contributed by atoms with Crippen molar-refractivity contribution in [1.29, 1.82) is 5.26 Å². The van der Waals surface area contributed by atoms with E-state index in [4.69, 9.17) is 10.00 Å². The summed E-state index contributed by atoms with van der Waals surface area (Å²) < 4.78 is 5.22. The number of carbonyl (C=O) groups excluding carboxylic acids is 1. The van der Waals surface area contributed by atoms with Crippen molar-refractivity contribution < 1.29 is 14.6 Å². The van der Waals surface area contributed by atoms with E-state index >= 15 is 0 Å². The van der Waals surface area contributed by atoms with Gasteiger partial charge in [0.15, 0.2) is 5.78 Å². The first kappa shape index (κ1) is 16.3. The minimum atomic E-state index is -0.161. The van der Waals surface area contributed by atoms with Crippen LogP contribution < -0.4 is 4.74 Å². The molecule has 3 aromatic carbocycles. The molecule has 3 rings (SSSR count). The Morgan fingerprint density at radius 3 is 2.36 bits per heavy atom. The van der Waals surface area contributed by atoms with Gasteiger partial charge >= 0.3 is 0 Å². The molecule has 0 aliphatic heterocycles. The maximum absolute atomic E-state index is 12.5. The van der Waals surface area contributed by atoms with E-state index in [1.165, 1.54) is 12.1 Å². The molecule has 122 valence electrons. The van der Waals surface area contributed by atoms with Crippen LogP contribution in [0.4, 0.5) is 0 Å². The van der Waals surface area contributed by atoms with Crippen LogP contribution in [0.3, 0.4) is 0 Å². The summed E-state index contributed by atoms with van der Waals surface area (Å²) in [6, 6.07) is 20.8. The van der Waals surface area contributed by atoms with Crippen LogP contribution >= 0.6 is 0 Å². The van der Waals surface area contributed by atoms with E-state index in [2.05, 4.69) is 6.07 Å². The zero-order chi connectivity index (χ0) is 17.8. The number of hydrogen-bond donors (Lipinski definition) is 1. The fraction of sp³-hybridized carbons (Fsp3) is 0.0476. The molecule has 0 spiro atoms. The predicted molar refractivity (Wildman–Crippen MR) is 94.7 cm³/mol. The SMILES string of the molecule is COc1cc(C#N)cc(-c2ccc(C(=O)c3cccc(O)c3)cc2)c1. The second kappa shape index (κ2) is 6.90. The number of ether oxygens (including phenoxy) is 1. The number of methoxy groups -OCH3 is 1. The Morgan fingerprint density at radius 2 is 1.72 bits per heavy atom. The maximum Gasteiger partial charge on any atom is 0.193 e. The summed E-state index contributed by atoms with van der Waals surface area (Å²) in [5.41, 5.74) is 3.18. The number of phenols is 1. The number of nitriles is 1. The fourth-order valence-electron chi connectivity index (χ4n) is 2.58. The molecule has 0 atom stereocenters. The summed E-state index contributed by atoms with van der Waals surface area (Å²) in [4.78, 5) is 12.5. The van der Waals surface area contributed by atoms with Gasteiger partial charge in [0.05, 0.1) is 18.7 Å². The molecular formula is C21H15NO3. The summed E-state index contributed by atoms with van der Waals surface area (Å²) in [6.45, 7) is 0. The van der Waals surface area contributed by atoms with Crippen molar-refractivity contribution in [2.75, 3.05) is 7.11 Å².